The smallest absolute Gasteiger partial charge is 0.340 e. The van der Waals surface area contributed by atoms with Gasteiger partial charge in [-0.25, -0.2) is 9.78 Å². The molecule has 4 nitrogen and oxygen atoms in total. The number of aryl methyl sites for hydroxylation is 1. The Kier molecular flexibility index (Phi) is 3.39. The molecule has 0 aliphatic carbocycles. The molecule has 5 heteroatoms. The first kappa shape index (κ1) is 10.1. The third-order valence-electron chi connectivity index (χ3n) is 1.48. The van der Waals surface area contributed by atoms with Crippen molar-refractivity contribution in [2.75, 3.05) is 6.61 Å². The maximum absolute atomic E-state index is 11.1. The Morgan fingerprint density at radius 2 is 2.54 bits per heavy atom. The van der Waals surface area contributed by atoms with Gasteiger partial charge in [0.1, 0.15) is 0 Å². The van der Waals surface area contributed by atoms with E-state index >= 15 is 0 Å². The first-order chi connectivity index (χ1) is 6.16. The molecule has 0 aliphatic rings. The number of hydrogen-bond donors (Lipinski definition) is 1. The summed E-state index contributed by atoms with van der Waals surface area (Å²) in [7, 11) is 0. The van der Waals surface area contributed by atoms with Crippen LogP contribution in [0.5, 0.6) is 0 Å². The average Bonchev–Trinajstić information content (AvgIpc) is 2.50. The van der Waals surface area contributed by atoms with Crippen molar-refractivity contribution in [1.29, 1.82) is 0 Å². The number of carbonyl (C=O) groups excluding carboxylic acids is 1. The molecule has 0 aliphatic heterocycles. The second-order valence-corrected chi connectivity index (χ2v) is 3.24. The highest BCUT2D eigenvalue weighted by Gasteiger charge is 2.22. The normalized spacial score (nSPS) is 12.5. The summed E-state index contributed by atoms with van der Waals surface area (Å²) in [5.74, 6) is -0.636. The molecule has 0 saturated heterocycles. The van der Waals surface area contributed by atoms with Crippen LogP contribution in [0.1, 0.15) is 23.6 Å². The number of thiazole rings is 1. The molecule has 1 unspecified atom stereocenters. The SMILES string of the molecule is CCOC(=O)C(O)c1s[c]nc1C. The van der Waals surface area contributed by atoms with Gasteiger partial charge in [0.05, 0.1) is 17.2 Å². The van der Waals surface area contributed by atoms with E-state index in [1.165, 1.54) is 0 Å². The maximum Gasteiger partial charge on any atom is 0.340 e. The van der Waals surface area contributed by atoms with Crippen LogP contribution >= 0.6 is 11.3 Å². The van der Waals surface area contributed by atoms with Crippen LogP contribution in [0.4, 0.5) is 0 Å². The minimum atomic E-state index is -1.22. The van der Waals surface area contributed by atoms with Crippen LogP contribution in [-0.2, 0) is 9.53 Å². The number of esters is 1. The van der Waals surface area contributed by atoms with Crippen molar-refractivity contribution in [3.63, 3.8) is 0 Å². The number of aliphatic hydroxyl groups excluding tert-OH is 1. The maximum atomic E-state index is 11.1. The van der Waals surface area contributed by atoms with Gasteiger partial charge in [-0.05, 0) is 13.8 Å². The Morgan fingerprint density at radius 3 is 3.00 bits per heavy atom. The minimum absolute atomic E-state index is 0.261. The van der Waals surface area contributed by atoms with Crippen LogP contribution in [0.2, 0.25) is 0 Å². The molecule has 0 bridgehead atoms. The first-order valence-corrected chi connectivity index (χ1v) is 4.66. The quantitative estimate of drug-likeness (QED) is 0.735. The van der Waals surface area contributed by atoms with Crippen LogP contribution in [0.3, 0.4) is 0 Å². The number of rotatable bonds is 3. The number of carbonyl (C=O) groups is 1. The molecular weight excluding hydrogens is 190 g/mol. The lowest BCUT2D eigenvalue weighted by Crippen LogP contribution is -2.15. The van der Waals surface area contributed by atoms with Crippen molar-refractivity contribution in [2.45, 2.75) is 20.0 Å². The van der Waals surface area contributed by atoms with Gasteiger partial charge in [0.15, 0.2) is 11.6 Å². The predicted octanol–water partition coefficient (Wildman–Crippen LogP) is 0.848. The summed E-state index contributed by atoms with van der Waals surface area (Å²) >= 11 is 1.12. The van der Waals surface area contributed by atoms with Gasteiger partial charge in [-0.2, -0.15) is 0 Å². The first-order valence-electron chi connectivity index (χ1n) is 3.85. The molecule has 71 valence electrons. The number of aliphatic hydroxyl groups is 1. The van der Waals surface area contributed by atoms with E-state index in [0.29, 0.717) is 10.6 Å². The molecule has 0 fully saturated rings. The lowest BCUT2D eigenvalue weighted by atomic mass is 10.2. The lowest BCUT2D eigenvalue weighted by Gasteiger charge is -2.07. The van der Waals surface area contributed by atoms with E-state index in [9.17, 15) is 9.90 Å². The summed E-state index contributed by atoms with van der Waals surface area (Å²) in [5.41, 5.74) is 3.22. The standard InChI is InChI=1S/C8H10NO3S/c1-3-12-8(11)6(10)7-5(2)9-4-13-7/h6,10H,3H2,1-2H3. The second-order valence-electron chi connectivity index (χ2n) is 2.41. The van der Waals surface area contributed by atoms with Crippen LogP contribution in [0.25, 0.3) is 0 Å². The highest BCUT2D eigenvalue weighted by molar-refractivity contribution is 7.09. The molecule has 13 heavy (non-hydrogen) atoms. The van der Waals surface area contributed by atoms with Crippen molar-refractivity contribution < 1.29 is 14.6 Å². The molecule has 1 radical (unpaired) electrons. The predicted molar refractivity (Wildman–Crippen MR) is 47.3 cm³/mol. The van der Waals surface area contributed by atoms with E-state index in [-0.39, 0.29) is 6.61 Å². The van der Waals surface area contributed by atoms with E-state index in [0.717, 1.165) is 11.3 Å². The Labute approximate surface area is 80.2 Å². The summed E-state index contributed by atoms with van der Waals surface area (Å²) in [6, 6.07) is 0. The summed E-state index contributed by atoms with van der Waals surface area (Å²) in [5, 5.41) is 9.47. The molecule has 1 rings (SSSR count). The molecule has 0 spiro atoms. The fourth-order valence-electron chi connectivity index (χ4n) is 0.851. The van der Waals surface area contributed by atoms with E-state index in [2.05, 4.69) is 15.2 Å². The Morgan fingerprint density at radius 1 is 1.85 bits per heavy atom. The summed E-state index contributed by atoms with van der Waals surface area (Å²) in [6.45, 7) is 3.67. The van der Waals surface area contributed by atoms with Crippen molar-refractivity contribution in [1.82, 2.24) is 4.98 Å². The highest BCUT2D eigenvalue weighted by atomic mass is 32.1. The molecular formula is C8H10NO3S. The third-order valence-corrected chi connectivity index (χ3v) is 2.40. The van der Waals surface area contributed by atoms with Gasteiger partial charge in [-0.15, -0.1) is 11.3 Å². The fourth-order valence-corrected chi connectivity index (χ4v) is 1.53. The number of nitrogens with zero attached hydrogens (tertiary/aromatic N) is 1. The van der Waals surface area contributed by atoms with Gasteiger partial charge in [0.25, 0.3) is 0 Å². The zero-order chi connectivity index (χ0) is 9.84. The van der Waals surface area contributed by atoms with Crippen molar-refractivity contribution in [2.24, 2.45) is 0 Å². The summed E-state index contributed by atoms with van der Waals surface area (Å²) in [6.07, 6.45) is -1.22. The van der Waals surface area contributed by atoms with Crippen molar-refractivity contribution >= 4 is 17.3 Å². The Balaban J connectivity index is 2.73. The van der Waals surface area contributed by atoms with Gasteiger partial charge in [-0.1, -0.05) is 0 Å². The average molecular weight is 200 g/mol. The van der Waals surface area contributed by atoms with Crippen LogP contribution in [0.15, 0.2) is 0 Å². The number of hydrogen-bond acceptors (Lipinski definition) is 5. The molecule has 1 atom stereocenters. The summed E-state index contributed by atoms with van der Waals surface area (Å²) in [4.78, 5) is 15.4. The van der Waals surface area contributed by atoms with E-state index < -0.39 is 12.1 Å². The monoisotopic (exact) mass is 200 g/mol. The van der Waals surface area contributed by atoms with Gasteiger partial charge >= 0.3 is 5.97 Å². The van der Waals surface area contributed by atoms with Crippen LogP contribution < -0.4 is 0 Å². The largest absolute Gasteiger partial charge is 0.464 e. The lowest BCUT2D eigenvalue weighted by molar-refractivity contribution is -0.153. The van der Waals surface area contributed by atoms with E-state index in [1.807, 2.05) is 0 Å². The van der Waals surface area contributed by atoms with Gasteiger partial charge < -0.3 is 9.84 Å². The number of ether oxygens (including phenoxy) is 1. The van der Waals surface area contributed by atoms with Crippen molar-refractivity contribution in [3.8, 4) is 0 Å². The molecule has 1 aromatic rings. The van der Waals surface area contributed by atoms with Gasteiger partial charge in [-0.3, -0.25) is 0 Å². The molecule has 0 aromatic carbocycles. The zero-order valence-corrected chi connectivity index (χ0v) is 8.22. The van der Waals surface area contributed by atoms with Crippen LogP contribution in [0, 0.1) is 12.4 Å². The zero-order valence-electron chi connectivity index (χ0n) is 7.40. The van der Waals surface area contributed by atoms with E-state index in [1.54, 1.807) is 13.8 Å². The van der Waals surface area contributed by atoms with Crippen molar-refractivity contribution in [3.05, 3.63) is 16.1 Å². The van der Waals surface area contributed by atoms with Gasteiger partial charge in [0.2, 0.25) is 0 Å². The molecule has 0 amide bonds. The molecule has 1 aromatic heterocycles. The third kappa shape index (κ3) is 2.26. The Hall–Kier alpha value is -0.940. The minimum Gasteiger partial charge on any atom is -0.464 e. The molecule has 1 N–H and O–H groups in total. The summed E-state index contributed by atoms with van der Waals surface area (Å²) < 4.78 is 4.66. The van der Waals surface area contributed by atoms with E-state index in [4.69, 9.17) is 0 Å². The molecule has 0 saturated carbocycles. The van der Waals surface area contributed by atoms with Crippen LogP contribution in [-0.4, -0.2) is 22.7 Å². The van der Waals surface area contributed by atoms with Gasteiger partial charge in [0, 0.05) is 0 Å². The Bertz CT molecular complexity index is 297. The fraction of sp³-hybridized carbons (Fsp3) is 0.500. The highest BCUT2D eigenvalue weighted by Crippen LogP contribution is 2.21. The second kappa shape index (κ2) is 4.34. The number of aromatic nitrogens is 1. The topological polar surface area (TPSA) is 59.4 Å². The molecule has 1 heterocycles.